The van der Waals surface area contributed by atoms with Crippen molar-refractivity contribution in [2.45, 2.75) is 32.1 Å². The van der Waals surface area contributed by atoms with Crippen molar-refractivity contribution in [1.29, 1.82) is 0 Å². The molecule has 74 valence electrons. The lowest BCUT2D eigenvalue weighted by atomic mass is 9.53. The molecule has 3 N–H and O–H groups in total. The number of fused-ring (bicyclic) bond motifs is 1. The number of aliphatic carboxylic acids is 1. The van der Waals surface area contributed by atoms with Crippen molar-refractivity contribution in [3.05, 3.63) is 0 Å². The first-order chi connectivity index (χ1) is 6.18. The van der Waals surface area contributed by atoms with E-state index in [-0.39, 0.29) is 11.8 Å². The second-order valence-electron chi connectivity index (χ2n) is 4.64. The molecule has 2 fully saturated rings. The molecule has 3 heteroatoms. The minimum Gasteiger partial charge on any atom is -0.481 e. The Balaban J connectivity index is 2.05. The predicted octanol–water partition coefficient (Wildman–Crippen LogP) is 1.23. The van der Waals surface area contributed by atoms with Crippen LogP contribution in [0, 0.1) is 17.3 Å². The van der Waals surface area contributed by atoms with E-state index in [1.807, 2.05) is 0 Å². The van der Waals surface area contributed by atoms with Crippen LogP contribution in [0.15, 0.2) is 0 Å². The molecule has 13 heavy (non-hydrogen) atoms. The molecule has 0 aromatic rings. The zero-order chi connectivity index (χ0) is 9.47. The lowest BCUT2D eigenvalue weighted by Gasteiger charge is -2.51. The molecule has 0 saturated heterocycles. The van der Waals surface area contributed by atoms with E-state index < -0.39 is 5.97 Å². The number of nitrogens with two attached hydrogens (primary N) is 1. The zero-order valence-corrected chi connectivity index (χ0v) is 7.83. The normalized spacial score (nSPS) is 42.5. The van der Waals surface area contributed by atoms with Gasteiger partial charge in [0.05, 0.1) is 6.42 Å². The number of hydrogen-bond donors (Lipinski definition) is 2. The quantitative estimate of drug-likeness (QED) is 0.691. The fourth-order valence-corrected chi connectivity index (χ4v) is 3.41. The third kappa shape index (κ3) is 1.26. The second-order valence-corrected chi connectivity index (χ2v) is 4.64. The van der Waals surface area contributed by atoms with Gasteiger partial charge in [0.2, 0.25) is 0 Å². The molecule has 0 radical (unpaired) electrons. The van der Waals surface area contributed by atoms with Gasteiger partial charge in [-0.15, -0.1) is 0 Å². The molecule has 0 aromatic carbocycles. The van der Waals surface area contributed by atoms with Gasteiger partial charge in [0.25, 0.3) is 0 Å². The molecule has 3 nitrogen and oxygen atoms in total. The average molecular weight is 183 g/mol. The Kier molecular flexibility index (Phi) is 2.06. The number of carboxylic acid groups (broad SMARTS) is 1. The van der Waals surface area contributed by atoms with Gasteiger partial charge in [-0.2, -0.15) is 0 Å². The van der Waals surface area contributed by atoms with Crippen LogP contribution in [0.1, 0.15) is 32.1 Å². The van der Waals surface area contributed by atoms with Crippen molar-refractivity contribution in [2.75, 3.05) is 6.54 Å². The highest BCUT2D eigenvalue weighted by atomic mass is 16.4. The van der Waals surface area contributed by atoms with Crippen molar-refractivity contribution in [2.24, 2.45) is 23.0 Å². The molecule has 0 unspecified atom stereocenters. The first-order valence-corrected chi connectivity index (χ1v) is 5.10. The summed E-state index contributed by atoms with van der Waals surface area (Å²) in [6.07, 6.45) is 5.11. The lowest BCUT2D eigenvalue weighted by molar-refractivity contribution is -0.145. The largest absolute Gasteiger partial charge is 0.481 e. The summed E-state index contributed by atoms with van der Waals surface area (Å²) in [6, 6.07) is 0. The molecule has 0 amide bonds. The topological polar surface area (TPSA) is 63.3 Å². The van der Waals surface area contributed by atoms with E-state index in [4.69, 9.17) is 10.8 Å². The van der Waals surface area contributed by atoms with Crippen LogP contribution in [0.25, 0.3) is 0 Å². The third-order valence-electron chi connectivity index (χ3n) is 4.02. The smallest absolute Gasteiger partial charge is 0.303 e. The summed E-state index contributed by atoms with van der Waals surface area (Å²) in [5.74, 6) is 0.729. The Labute approximate surface area is 78.3 Å². The van der Waals surface area contributed by atoms with Gasteiger partial charge in [-0.1, -0.05) is 12.8 Å². The van der Waals surface area contributed by atoms with E-state index in [2.05, 4.69) is 0 Å². The van der Waals surface area contributed by atoms with Crippen molar-refractivity contribution in [3.8, 4) is 0 Å². The van der Waals surface area contributed by atoms with Gasteiger partial charge >= 0.3 is 5.97 Å². The van der Waals surface area contributed by atoms with Crippen LogP contribution in [0.4, 0.5) is 0 Å². The van der Waals surface area contributed by atoms with Crippen LogP contribution in [0.3, 0.4) is 0 Å². The fourth-order valence-electron chi connectivity index (χ4n) is 3.41. The van der Waals surface area contributed by atoms with E-state index in [0.29, 0.717) is 12.5 Å². The first kappa shape index (κ1) is 9.00. The number of carbonyl (C=O) groups is 1. The van der Waals surface area contributed by atoms with E-state index in [9.17, 15) is 4.79 Å². The van der Waals surface area contributed by atoms with Crippen molar-refractivity contribution >= 4 is 5.97 Å². The summed E-state index contributed by atoms with van der Waals surface area (Å²) < 4.78 is 0. The maximum Gasteiger partial charge on any atom is 0.303 e. The van der Waals surface area contributed by atoms with Crippen LogP contribution in [0.5, 0.6) is 0 Å². The van der Waals surface area contributed by atoms with Gasteiger partial charge in [-0.25, -0.2) is 0 Å². The maximum absolute atomic E-state index is 10.7. The zero-order valence-electron chi connectivity index (χ0n) is 7.83. The number of hydrogen-bond acceptors (Lipinski definition) is 2. The summed E-state index contributed by atoms with van der Waals surface area (Å²) in [6.45, 7) is 0.556. The molecule has 0 heterocycles. The van der Waals surface area contributed by atoms with Crippen LogP contribution < -0.4 is 5.73 Å². The third-order valence-corrected chi connectivity index (χ3v) is 4.02. The van der Waals surface area contributed by atoms with Crippen molar-refractivity contribution in [1.82, 2.24) is 0 Å². The number of rotatable bonds is 3. The van der Waals surface area contributed by atoms with E-state index in [0.717, 1.165) is 12.3 Å². The molecule has 2 rings (SSSR count). The fraction of sp³-hybridized carbons (Fsp3) is 0.900. The molecule has 2 aliphatic carbocycles. The Morgan fingerprint density at radius 2 is 2.31 bits per heavy atom. The molecule has 0 aromatic heterocycles. The Bertz CT molecular complexity index is 229. The molecular weight excluding hydrogens is 166 g/mol. The number of carboxylic acids is 1. The summed E-state index contributed by atoms with van der Waals surface area (Å²) >= 11 is 0. The predicted molar refractivity (Wildman–Crippen MR) is 49.2 cm³/mol. The minimum atomic E-state index is -0.684. The van der Waals surface area contributed by atoms with Crippen LogP contribution in [0.2, 0.25) is 0 Å². The van der Waals surface area contributed by atoms with Crippen molar-refractivity contribution in [3.63, 3.8) is 0 Å². The summed E-state index contributed by atoms with van der Waals surface area (Å²) in [4.78, 5) is 10.7. The molecule has 3 atom stereocenters. The van der Waals surface area contributed by atoms with Gasteiger partial charge in [0.1, 0.15) is 0 Å². The Hall–Kier alpha value is -0.570. The molecule has 0 aliphatic heterocycles. The molecular formula is C10H17NO2. The molecule has 2 aliphatic rings. The SMILES string of the molecule is NC[C@@]1(CC(=O)O)C[C@H]2CCC[C@H]21. The summed E-state index contributed by atoms with van der Waals surface area (Å²) in [5, 5.41) is 8.81. The molecule has 2 saturated carbocycles. The van der Waals surface area contributed by atoms with Gasteiger partial charge < -0.3 is 10.8 Å². The molecule has 0 spiro atoms. The van der Waals surface area contributed by atoms with E-state index >= 15 is 0 Å². The highest BCUT2D eigenvalue weighted by Crippen LogP contribution is 2.60. The highest BCUT2D eigenvalue weighted by molar-refractivity contribution is 5.68. The van der Waals surface area contributed by atoms with Crippen LogP contribution in [-0.4, -0.2) is 17.6 Å². The van der Waals surface area contributed by atoms with E-state index in [1.54, 1.807) is 0 Å². The Morgan fingerprint density at radius 1 is 1.54 bits per heavy atom. The highest BCUT2D eigenvalue weighted by Gasteiger charge is 2.55. The first-order valence-electron chi connectivity index (χ1n) is 5.10. The standard InChI is InChI=1S/C10H17NO2/c11-6-10(5-9(12)13)4-7-2-1-3-8(7)10/h7-8H,1-6,11H2,(H,12,13)/t7-,8-,10+/m1/s1. The van der Waals surface area contributed by atoms with Gasteiger partial charge in [-0.3, -0.25) is 4.79 Å². The van der Waals surface area contributed by atoms with Crippen LogP contribution >= 0.6 is 0 Å². The van der Waals surface area contributed by atoms with Gasteiger partial charge in [0.15, 0.2) is 0 Å². The van der Waals surface area contributed by atoms with E-state index in [1.165, 1.54) is 19.3 Å². The summed E-state index contributed by atoms with van der Waals surface area (Å²) in [5.41, 5.74) is 5.68. The monoisotopic (exact) mass is 183 g/mol. The maximum atomic E-state index is 10.7. The minimum absolute atomic E-state index is 0.0347. The van der Waals surface area contributed by atoms with Gasteiger partial charge in [0, 0.05) is 0 Å². The second kappa shape index (κ2) is 2.98. The Morgan fingerprint density at radius 3 is 2.85 bits per heavy atom. The summed E-state index contributed by atoms with van der Waals surface area (Å²) in [7, 11) is 0. The van der Waals surface area contributed by atoms with Crippen LogP contribution in [-0.2, 0) is 4.79 Å². The van der Waals surface area contributed by atoms with Gasteiger partial charge in [-0.05, 0) is 36.6 Å². The average Bonchev–Trinajstić information content (AvgIpc) is 2.43. The molecule has 0 bridgehead atoms. The van der Waals surface area contributed by atoms with Crippen molar-refractivity contribution < 1.29 is 9.90 Å². The lowest BCUT2D eigenvalue weighted by Crippen LogP contribution is -2.51.